The summed E-state index contributed by atoms with van der Waals surface area (Å²) < 4.78 is 5.22. The first kappa shape index (κ1) is 16.1. The molecule has 2 aliphatic carbocycles. The maximum Gasteiger partial charge on any atom is 0.341 e. The molecule has 0 aromatic heterocycles. The molecule has 0 radical (unpaired) electrons. The first-order chi connectivity index (χ1) is 10.9. The van der Waals surface area contributed by atoms with Gasteiger partial charge in [-0.15, -0.1) is 6.58 Å². The number of ketones is 1. The Bertz CT molecular complexity index is 766. The number of carbonyl (C=O) groups excluding carboxylic acids is 1. The Morgan fingerprint density at radius 2 is 2.17 bits per heavy atom. The number of aliphatic carboxylic acids is 1. The number of benzene rings is 1. The lowest BCUT2D eigenvalue weighted by Gasteiger charge is -2.30. The van der Waals surface area contributed by atoms with E-state index in [4.69, 9.17) is 33.0 Å². The average Bonchev–Trinajstić information content (AvgIpc) is 2.83. The lowest BCUT2D eigenvalue weighted by atomic mass is 9.73. The molecule has 3 rings (SSSR count). The van der Waals surface area contributed by atoms with Gasteiger partial charge in [-0.1, -0.05) is 29.3 Å². The number of rotatable bonds is 4. The van der Waals surface area contributed by atoms with Crippen LogP contribution in [0.1, 0.15) is 24.0 Å². The number of hydrogen-bond acceptors (Lipinski definition) is 3. The summed E-state index contributed by atoms with van der Waals surface area (Å²) in [5, 5.41) is 9.19. The van der Waals surface area contributed by atoms with Gasteiger partial charge in [0.25, 0.3) is 0 Å². The summed E-state index contributed by atoms with van der Waals surface area (Å²) in [5.41, 5.74) is 2.15. The van der Waals surface area contributed by atoms with Crippen molar-refractivity contribution >= 4 is 40.5 Å². The average molecular weight is 353 g/mol. The summed E-state index contributed by atoms with van der Waals surface area (Å²) >= 11 is 12.6. The molecule has 1 N–H and O–H groups in total. The number of carboxylic acids is 1. The SMILES string of the molecule is C=CC12CCC(=O)C=C1c1c(cc(OCC(=O)O)c(Cl)c1Cl)C2. The number of halogens is 2. The van der Waals surface area contributed by atoms with E-state index >= 15 is 0 Å². The van der Waals surface area contributed by atoms with Gasteiger partial charge < -0.3 is 9.84 Å². The molecule has 1 atom stereocenters. The van der Waals surface area contributed by atoms with Crippen molar-refractivity contribution in [3.05, 3.63) is 46.0 Å². The van der Waals surface area contributed by atoms with Crippen molar-refractivity contribution in [1.29, 1.82) is 0 Å². The minimum atomic E-state index is -1.10. The highest BCUT2D eigenvalue weighted by Crippen LogP contribution is 2.56. The Morgan fingerprint density at radius 3 is 2.83 bits per heavy atom. The standard InChI is InChI=1S/C17H14Cl2O4/c1-2-17-4-3-10(20)6-11(17)14-9(7-17)5-12(15(18)16(14)19)23-8-13(21)22/h2,5-6H,1,3-4,7-8H2,(H,21,22). The maximum atomic E-state index is 11.8. The van der Waals surface area contributed by atoms with Crippen molar-refractivity contribution in [2.24, 2.45) is 5.41 Å². The monoisotopic (exact) mass is 352 g/mol. The van der Waals surface area contributed by atoms with E-state index in [1.807, 2.05) is 6.08 Å². The van der Waals surface area contributed by atoms with Gasteiger partial charge in [-0.25, -0.2) is 4.79 Å². The molecular formula is C17H14Cl2O4. The van der Waals surface area contributed by atoms with E-state index in [1.165, 1.54) is 0 Å². The smallest absolute Gasteiger partial charge is 0.341 e. The molecule has 0 amide bonds. The van der Waals surface area contributed by atoms with Gasteiger partial charge in [-0.2, -0.15) is 0 Å². The summed E-state index contributed by atoms with van der Waals surface area (Å²) in [7, 11) is 0. The van der Waals surface area contributed by atoms with Crippen molar-refractivity contribution in [3.8, 4) is 5.75 Å². The number of carboxylic acid groups (broad SMARTS) is 1. The van der Waals surface area contributed by atoms with Gasteiger partial charge in [-0.05, 0) is 36.1 Å². The van der Waals surface area contributed by atoms with Crippen LogP contribution in [0.25, 0.3) is 5.57 Å². The zero-order valence-corrected chi connectivity index (χ0v) is 13.7. The third-order valence-electron chi connectivity index (χ3n) is 4.43. The minimum Gasteiger partial charge on any atom is -0.480 e. The van der Waals surface area contributed by atoms with Gasteiger partial charge in [0, 0.05) is 17.4 Å². The zero-order chi connectivity index (χ0) is 16.8. The van der Waals surface area contributed by atoms with Crippen LogP contribution in [0.15, 0.2) is 24.8 Å². The zero-order valence-electron chi connectivity index (χ0n) is 12.2. The minimum absolute atomic E-state index is 0.0590. The molecule has 0 aliphatic heterocycles. The number of hydrogen-bond donors (Lipinski definition) is 1. The fourth-order valence-corrected chi connectivity index (χ4v) is 3.83. The van der Waals surface area contributed by atoms with Gasteiger partial charge in [0.15, 0.2) is 12.4 Å². The summed E-state index contributed by atoms with van der Waals surface area (Å²) in [6, 6.07) is 1.71. The molecule has 1 aromatic rings. The summed E-state index contributed by atoms with van der Waals surface area (Å²) in [5.74, 6) is -0.798. The highest BCUT2D eigenvalue weighted by molar-refractivity contribution is 6.44. The quantitative estimate of drug-likeness (QED) is 0.833. The molecule has 0 saturated carbocycles. The highest BCUT2D eigenvalue weighted by Gasteiger charge is 2.44. The Labute approximate surface area is 143 Å². The predicted octanol–water partition coefficient (Wildman–Crippen LogP) is 3.93. The molecule has 1 unspecified atom stereocenters. The molecule has 23 heavy (non-hydrogen) atoms. The molecule has 0 heterocycles. The van der Waals surface area contributed by atoms with Crippen LogP contribution in [0.5, 0.6) is 5.75 Å². The van der Waals surface area contributed by atoms with Crippen LogP contribution in [0, 0.1) is 5.41 Å². The van der Waals surface area contributed by atoms with E-state index in [-0.39, 0.29) is 27.0 Å². The van der Waals surface area contributed by atoms with E-state index in [0.717, 1.165) is 16.7 Å². The molecule has 0 saturated heterocycles. The second-order valence-electron chi connectivity index (χ2n) is 5.78. The Balaban J connectivity index is 2.12. The van der Waals surface area contributed by atoms with Crippen LogP contribution in [0.2, 0.25) is 10.0 Å². The van der Waals surface area contributed by atoms with Crippen molar-refractivity contribution < 1.29 is 19.4 Å². The van der Waals surface area contributed by atoms with E-state index in [0.29, 0.717) is 19.3 Å². The van der Waals surface area contributed by atoms with Crippen LogP contribution in [0.3, 0.4) is 0 Å². The number of carbonyl (C=O) groups is 2. The van der Waals surface area contributed by atoms with Crippen molar-refractivity contribution in [2.45, 2.75) is 19.3 Å². The second kappa shape index (κ2) is 5.69. The number of allylic oxidation sites excluding steroid dienone is 3. The van der Waals surface area contributed by atoms with E-state index in [2.05, 4.69) is 6.58 Å². The molecule has 0 bridgehead atoms. The van der Waals surface area contributed by atoms with Gasteiger partial charge in [0.2, 0.25) is 0 Å². The fourth-order valence-electron chi connectivity index (χ4n) is 3.31. The topological polar surface area (TPSA) is 63.6 Å². The van der Waals surface area contributed by atoms with E-state index < -0.39 is 12.6 Å². The van der Waals surface area contributed by atoms with Crippen LogP contribution in [-0.4, -0.2) is 23.5 Å². The number of fused-ring (bicyclic) bond motifs is 3. The molecule has 0 fully saturated rings. The third kappa shape index (κ3) is 2.56. The fraction of sp³-hybridized carbons (Fsp3) is 0.294. The highest BCUT2D eigenvalue weighted by atomic mass is 35.5. The van der Waals surface area contributed by atoms with Gasteiger partial charge in [-0.3, -0.25) is 4.79 Å². The summed E-state index contributed by atoms with van der Waals surface area (Å²) in [6.07, 6.45) is 5.27. The van der Waals surface area contributed by atoms with E-state index in [1.54, 1.807) is 12.1 Å². The number of ether oxygens (including phenoxy) is 1. The molecule has 6 heteroatoms. The molecule has 120 valence electrons. The van der Waals surface area contributed by atoms with Gasteiger partial charge in [0.05, 0.1) is 5.02 Å². The lowest BCUT2D eigenvalue weighted by molar-refractivity contribution is -0.139. The van der Waals surface area contributed by atoms with Gasteiger partial charge >= 0.3 is 5.97 Å². The van der Waals surface area contributed by atoms with Crippen LogP contribution >= 0.6 is 23.2 Å². The Hall–Kier alpha value is -1.78. The largest absolute Gasteiger partial charge is 0.480 e. The molecule has 4 nitrogen and oxygen atoms in total. The van der Waals surface area contributed by atoms with Crippen molar-refractivity contribution in [1.82, 2.24) is 0 Å². The predicted molar refractivity (Wildman–Crippen MR) is 88.1 cm³/mol. The van der Waals surface area contributed by atoms with Crippen LogP contribution < -0.4 is 4.74 Å². The molecular weight excluding hydrogens is 339 g/mol. The Morgan fingerprint density at radius 1 is 1.43 bits per heavy atom. The summed E-state index contributed by atoms with van der Waals surface area (Å²) in [6.45, 7) is 3.43. The van der Waals surface area contributed by atoms with Crippen LogP contribution in [0.4, 0.5) is 0 Å². The first-order valence-electron chi connectivity index (χ1n) is 7.12. The normalized spacial score (nSPS) is 22.2. The molecule has 1 aromatic carbocycles. The summed E-state index contributed by atoms with van der Waals surface area (Å²) in [4.78, 5) is 22.5. The van der Waals surface area contributed by atoms with E-state index in [9.17, 15) is 9.59 Å². The van der Waals surface area contributed by atoms with Gasteiger partial charge in [0.1, 0.15) is 10.8 Å². The lowest BCUT2D eigenvalue weighted by Crippen LogP contribution is -2.23. The molecule has 0 spiro atoms. The third-order valence-corrected chi connectivity index (χ3v) is 5.28. The maximum absolute atomic E-state index is 11.8. The van der Waals surface area contributed by atoms with Crippen molar-refractivity contribution in [2.75, 3.05) is 6.61 Å². The van der Waals surface area contributed by atoms with Crippen molar-refractivity contribution in [3.63, 3.8) is 0 Å². The second-order valence-corrected chi connectivity index (χ2v) is 6.54. The van der Waals surface area contributed by atoms with Crippen LogP contribution in [-0.2, 0) is 16.0 Å². The molecule has 2 aliphatic rings. The Kier molecular flexibility index (Phi) is 3.98. The first-order valence-corrected chi connectivity index (χ1v) is 7.88.